The molecule has 1 fully saturated rings. The number of hydrogen-bond acceptors (Lipinski definition) is 6. The van der Waals surface area contributed by atoms with E-state index in [0.717, 1.165) is 49.2 Å². The minimum atomic E-state index is 0.752. The van der Waals surface area contributed by atoms with E-state index in [1.54, 1.807) is 22.7 Å². The number of nitrogens with zero attached hydrogens (tertiary/aromatic N) is 3. The van der Waals surface area contributed by atoms with Crippen LogP contribution in [0.4, 0.5) is 0 Å². The number of nitrogens with one attached hydrogen (secondary N) is 1. The smallest absolute Gasteiger partial charge is 0.0907 e. The third-order valence-corrected chi connectivity index (χ3v) is 6.71. The summed E-state index contributed by atoms with van der Waals surface area (Å²) >= 11 is 3.56. The Balaban J connectivity index is 1.53. The van der Waals surface area contributed by atoms with Crippen molar-refractivity contribution in [2.75, 3.05) is 19.6 Å². The van der Waals surface area contributed by atoms with Crippen LogP contribution in [0, 0.1) is 19.8 Å². The van der Waals surface area contributed by atoms with E-state index in [1.807, 2.05) is 5.51 Å². The van der Waals surface area contributed by atoms with Crippen molar-refractivity contribution in [3.63, 3.8) is 0 Å². The van der Waals surface area contributed by atoms with Gasteiger partial charge in [-0.3, -0.25) is 4.90 Å². The second kappa shape index (κ2) is 7.50. The summed E-state index contributed by atoms with van der Waals surface area (Å²) in [6.07, 6.45) is 1.28. The highest BCUT2D eigenvalue weighted by atomic mass is 32.1. The molecule has 3 heterocycles. The molecule has 4 nitrogen and oxygen atoms in total. The van der Waals surface area contributed by atoms with Crippen LogP contribution in [-0.4, -0.2) is 34.5 Å². The monoisotopic (exact) mass is 372 g/mol. The number of fused-ring (bicyclic) bond motifs is 1. The fourth-order valence-electron chi connectivity index (χ4n) is 3.54. The molecular formula is C19H24N4S2. The van der Waals surface area contributed by atoms with Crippen LogP contribution in [0.3, 0.4) is 0 Å². The second-order valence-electron chi connectivity index (χ2n) is 6.92. The van der Waals surface area contributed by atoms with Crippen molar-refractivity contribution in [1.82, 2.24) is 20.2 Å². The van der Waals surface area contributed by atoms with Crippen LogP contribution in [0.1, 0.15) is 27.6 Å². The number of aryl methyl sites for hydroxylation is 2. The molecule has 1 saturated heterocycles. The van der Waals surface area contributed by atoms with Crippen molar-refractivity contribution in [3.8, 4) is 0 Å². The molecule has 2 aromatic heterocycles. The van der Waals surface area contributed by atoms with E-state index in [1.165, 1.54) is 27.3 Å². The largest absolute Gasteiger partial charge is 0.316 e. The molecule has 1 N–H and O–H groups in total. The molecule has 0 amide bonds. The van der Waals surface area contributed by atoms with Gasteiger partial charge in [0.1, 0.15) is 0 Å². The molecule has 6 heteroatoms. The summed E-state index contributed by atoms with van der Waals surface area (Å²) in [6.45, 7) is 9.62. The van der Waals surface area contributed by atoms with E-state index in [9.17, 15) is 0 Å². The summed E-state index contributed by atoms with van der Waals surface area (Å²) in [5.41, 5.74) is 5.64. The molecule has 0 saturated carbocycles. The van der Waals surface area contributed by atoms with Crippen molar-refractivity contribution in [3.05, 3.63) is 44.9 Å². The standard InChI is InChI=1S/C19H24N4S2/c1-13-19(24-12-21-13)11-23(10-16-5-6-20-8-16)9-15-3-4-17-18(7-15)25-14(2)22-17/h3-4,7,12,16,20H,5-6,8-11H2,1-2H3. The highest BCUT2D eigenvalue weighted by Gasteiger charge is 2.20. The van der Waals surface area contributed by atoms with Gasteiger partial charge in [-0.1, -0.05) is 6.07 Å². The first-order valence-electron chi connectivity index (χ1n) is 8.85. The van der Waals surface area contributed by atoms with Crippen molar-refractivity contribution < 1.29 is 0 Å². The molecule has 1 aliphatic rings. The minimum Gasteiger partial charge on any atom is -0.316 e. The SMILES string of the molecule is Cc1nc2ccc(CN(Cc3scnc3C)CC3CCNC3)cc2s1. The van der Waals surface area contributed by atoms with Crippen molar-refractivity contribution >= 4 is 32.9 Å². The predicted octanol–water partition coefficient (Wildman–Crippen LogP) is 3.98. The molecule has 1 atom stereocenters. The first kappa shape index (κ1) is 17.1. The van der Waals surface area contributed by atoms with Gasteiger partial charge in [0.2, 0.25) is 0 Å². The van der Waals surface area contributed by atoms with E-state index in [-0.39, 0.29) is 0 Å². The summed E-state index contributed by atoms with van der Waals surface area (Å²) < 4.78 is 1.30. The lowest BCUT2D eigenvalue weighted by atomic mass is 10.1. The lowest BCUT2D eigenvalue weighted by Gasteiger charge is -2.25. The van der Waals surface area contributed by atoms with Gasteiger partial charge < -0.3 is 5.32 Å². The molecule has 25 heavy (non-hydrogen) atoms. The third kappa shape index (κ3) is 4.08. The van der Waals surface area contributed by atoms with Gasteiger partial charge >= 0.3 is 0 Å². The van der Waals surface area contributed by atoms with Crippen molar-refractivity contribution in [2.24, 2.45) is 5.92 Å². The van der Waals surface area contributed by atoms with Gasteiger partial charge in [-0.05, 0) is 57.0 Å². The van der Waals surface area contributed by atoms with E-state index in [0.29, 0.717) is 0 Å². The quantitative estimate of drug-likeness (QED) is 0.710. The molecule has 1 unspecified atom stereocenters. The molecule has 1 aliphatic heterocycles. The maximum absolute atomic E-state index is 4.58. The Bertz CT molecular complexity index is 848. The summed E-state index contributed by atoms with van der Waals surface area (Å²) in [5.74, 6) is 0.752. The van der Waals surface area contributed by atoms with Crippen LogP contribution in [0.5, 0.6) is 0 Å². The molecule has 4 rings (SSSR count). The lowest BCUT2D eigenvalue weighted by molar-refractivity contribution is 0.222. The molecule has 0 radical (unpaired) electrons. The van der Waals surface area contributed by atoms with Gasteiger partial charge in [0, 0.05) is 24.5 Å². The number of thiazole rings is 2. The summed E-state index contributed by atoms with van der Waals surface area (Å²) in [5, 5.41) is 4.64. The van der Waals surface area contributed by atoms with Crippen LogP contribution >= 0.6 is 22.7 Å². The van der Waals surface area contributed by atoms with Gasteiger partial charge in [0.25, 0.3) is 0 Å². The normalized spacial score (nSPS) is 17.8. The highest BCUT2D eigenvalue weighted by molar-refractivity contribution is 7.18. The van der Waals surface area contributed by atoms with E-state index in [4.69, 9.17) is 0 Å². The number of benzene rings is 1. The van der Waals surface area contributed by atoms with Gasteiger partial charge in [-0.15, -0.1) is 22.7 Å². The van der Waals surface area contributed by atoms with Crippen LogP contribution in [0.25, 0.3) is 10.2 Å². The molecule has 3 aromatic rings. The fourth-order valence-corrected chi connectivity index (χ4v) is 5.25. The fraction of sp³-hybridized carbons (Fsp3) is 0.474. The Morgan fingerprint density at radius 3 is 2.96 bits per heavy atom. The molecule has 0 bridgehead atoms. The molecular weight excluding hydrogens is 348 g/mol. The molecule has 0 spiro atoms. The zero-order valence-electron chi connectivity index (χ0n) is 14.8. The first-order chi connectivity index (χ1) is 12.2. The van der Waals surface area contributed by atoms with Crippen LogP contribution in [-0.2, 0) is 13.1 Å². The predicted molar refractivity (Wildman–Crippen MR) is 106 cm³/mol. The number of hydrogen-bond donors (Lipinski definition) is 1. The first-order valence-corrected chi connectivity index (χ1v) is 10.5. The van der Waals surface area contributed by atoms with Crippen molar-refractivity contribution in [2.45, 2.75) is 33.4 Å². The topological polar surface area (TPSA) is 41.1 Å². The van der Waals surface area contributed by atoms with E-state index < -0.39 is 0 Å². The van der Waals surface area contributed by atoms with Gasteiger partial charge in [0.05, 0.1) is 26.4 Å². The number of rotatable bonds is 6. The Hall–Kier alpha value is -1.34. The van der Waals surface area contributed by atoms with Gasteiger partial charge in [0.15, 0.2) is 0 Å². The zero-order chi connectivity index (χ0) is 17.2. The maximum atomic E-state index is 4.58. The molecule has 1 aromatic carbocycles. The zero-order valence-corrected chi connectivity index (χ0v) is 16.4. The Labute approximate surface area is 156 Å². The van der Waals surface area contributed by atoms with Gasteiger partial charge in [-0.2, -0.15) is 0 Å². The van der Waals surface area contributed by atoms with Crippen LogP contribution in [0.15, 0.2) is 23.7 Å². The van der Waals surface area contributed by atoms with Crippen molar-refractivity contribution in [1.29, 1.82) is 0 Å². The summed E-state index contributed by atoms with van der Waals surface area (Å²) in [6, 6.07) is 6.72. The number of aromatic nitrogens is 2. The van der Waals surface area contributed by atoms with Crippen LogP contribution < -0.4 is 5.32 Å². The Morgan fingerprint density at radius 1 is 1.28 bits per heavy atom. The summed E-state index contributed by atoms with van der Waals surface area (Å²) in [4.78, 5) is 13.0. The maximum Gasteiger partial charge on any atom is 0.0907 e. The van der Waals surface area contributed by atoms with E-state index in [2.05, 4.69) is 52.2 Å². The Kier molecular flexibility index (Phi) is 5.12. The third-order valence-electron chi connectivity index (χ3n) is 4.86. The second-order valence-corrected chi connectivity index (χ2v) is 9.10. The van der Waals surface area contributed by atoms with Crippen LogP contribution in [0.2, 0.25) is 0 Å². The molecule has 0 aliphatic carbocycles. The van der Waals surface area contributed by atoms with E-state index >= 15 is 0 Å². The average Bonchev–Trinajstić information content (AvgIpc) is 3.29. The molecule has 132 valence electrons. The average molecular weight is 373 g/mol. The van der Waals surface area contributed by atoms with Gasteiger partial charge in [-0.25, -0.2) is 9.97 Å². The minimum absolute atomic E-state index is 0.752. The summed E-state index contributed by atoms with van der Waals surface area (Å²) in [7, 11) is 0. The lowest BCUT2D eigenvalue weighted by Crippen LogP contribution is -2.30. The Morgan fingerprint density at radius 2 is 2.20 bits per heavy atom. The highest BCUT2D eigenvalue weighted by Crippen LogP contribution is 2.25.